The molecular formula is C11H15F2NO3. The fraction of sp³-hybridized carbons (Fsp3) is 0.455. The SMILES string of the molecule is Oc1ccc(CNCCOCC(F)F)c(O)c1. The fourth-order valence-corrected chi connectivity index (χ4v) is 1.24. The second-order valence-corrected chi connectivity index (χ2v) is 3.46. The van der Waals surface area contributed by atoms with E-state index in [2.05, 4.69) is 10.1 Å². The van der Waals surface area contributed by atoms with Crippen LogP contribution in [0, 0.1) is 0 Å². The predicted molar refractivity (Wildman–Crippen MR) is 58.3 cm³/mol. The van der Waals surface area contributed by atoms with Crippen LogP contribution < -0.4 is 5.32 Å². The van der Waals surface area contributed by atoms with Gasteiger partial charge < -0.3 is 20.3 Å². The van der Waals surface area contributed by atoms with Crippen LogP contribution in [0.3, 0.4) is 0 Å². The van der Waals surface area contributed by atoms with Crippen molar-refractivity contribution in [3.05, 3.63) is 23.8 Å². The molecule has 0 unspecified atom stereocenters. The van der Waals surface area contributed by atoms with E-state index in [-0.39, 0.29) is 18.1 Å². The van der Waals surface area contributed by atoms with E-state index in [0.717, 1.165) is 0 Å². The van der Waals surface area contributed by atoms with Crippen molar-refractivity contribution >= 4 is 0 Å². The minimum Gasteiger partial charge on any atom is -0.508 e. The van der Waals surface area contributed by atoms with Gasteiger partial charge in [-0.1, -0.05) is 6.07 Å². The summed E-state index contributed by atoms with van der Waals surface area (Å²) in [6.45, 7) is 0.409. The molecule has 3 N–H and O–H groups in total. The molecule has 1 rings (SSSR count). The summed E-state index contributed by atoms with van der Waals surface area (Å²) in [4.78, 5) is 0. The standard InChI is InChI=1S/C11H15F2NO3/c12-11(13)7-17-4-3-14-6-8-1-2-9(15)5-10(8)16/h1-2,5,11,14-16H,3-4,6-7H2. The molecule has 0 aliphatic carbocycles. The highest BCUT2D eigenvalue weighted by Crippen LogP contribution is 2.21. The third kappa shape index (κ3) is 5.46. The number of phenols is 2. The molecular weight excluding hydrogens is 232 g/mol. The van der Waals surface area contributed by atoms with Gasteiger partial charge in [-0.15, -0.1) is 0 Å². The first-order valence-electron chi connectivity index (χ1n) is 5.17. The van der Waals surface area contributed by atoms with Crippen molar-refractivity contribution in [2.24, 2.45) is 0 Å². The van der Waals surface area contributed by atoms with Gasteiger partial charge in [-0.3, -0.25) is 0 Å². The van der Waals surface area contributed by atoms with E-state index in [9.17, 15) is 13.9 Å². The number of alkyl halides is 2. The molecule has 0 fully saturated rings. The number of phenolic OH excluding ortho intramolecular Hbond substituents is 2. The van der Waals surface area contributed by atoms with Gasteiger partial charge in [-0.05, 0) is 6.07 Å². The molecule has 0 saturated heterocycles. The second kappa shape index (κ2) is 7.03. The summed E-state index contributed by atoms with van der Waals surface area (Å²) in [7, 11) is 0. The Hall–Kier alpha value is -1.40. The maximum atomic E-state index is 11.7. The first-order chi connectivity index (χ1) is 8.09. The first-order valence-corrected chi connectivity index (χ1v) is 5.17. The Morgan fingerprint density at radius 3 is 2.71 bits per heavy atom. The van der Waals surface area contributed by atoms with Crippen LogP contribution in [-0.2, 0) is 11.3 Å². The molecule has 0 bridgehead atoms. The zero-order valence-corrected chi connectivity index (χ0v) is 9.20. The van der Waals surface area contributed by atoms with E-state index in [1.807, 2.05) is 0 Å². The van der Waals surface area contributed by atoms with Gasteiger partial charge in [-0.25, -0.2) is 8.78 Å². The number of halogens is 2. The quantitative estimate of drug-likeness (QED) is 0.638. The van der Waals surface area contributed by atoms with Crippen LogP contribution >= 0.6 is 0 Å². The highest BCUT2D eigenvalue weighted by molar-refractivity contribution is 5.38. The highest BCUT2D eigenvalue weighted by atomic mass is 19.3. The average molecular weight is 247 g/mol. The molecule has 4 nitrogen and oxygen atoms in total. The van der Waals surface area contributed by atoms with Gasteiger partial charge in [-0.2, -0.15) is 0 Å². The third-order valence-electron chi connectivity index (χ3n) is 2.05. The van der Waals surface area contributed by atoms with Crippen LogP contribution in [0.25, 0.3) is 0 Å². The minimum absolute atomic E-state index is 0.00785. The summed E-state index contributed by atoms with van der Waals surface area (Å²) in [5, 5.41) is 21.4. The first kappa shape index (κ1) is 13.7. The number of hydrogen-bond donors (Lipinski definition) is 3. The van der Waals surface area contributed by atoms with Gasteiger partial charge in [0.25, 0.3) is 6.43 Å². The lowest BCUT2D eigenvalue weighted by Crippen LogP contribution is -2.20. The summed E-state index contributed by atoms with van der Waals surface area (Å²) in [5.74, 6) is -0.0162. The number of aromatic hydroxyl groups is 2. The fourth-order valence-electron chi connectivity index (χ4n) is 1.24. The van der Waals surface area contributed by atoms with E-state index < -0.39 is 13.0 Å². The van der Waals surface area contributed by atoms with Crippen LogP contribution in [0.5, 0.6) is 11.5 Å². The van der Waals surface area contributed by atoms with Crippen molar-refractivity contribution in [3.8, 4) is 11.5 Å². The molecule has 0 aliphatic rings. The number of ether oxygens (including phenoxy) is 1. The smallest absolute Gasteiger partial charge is 0.261 e. The average Bonchev–Trinajstić information content (AvgIpc) is 2.25. The molecule has 96 valence electrons. The Bertz CT molecular complexity index is 347. The summed E-state index contributed by atoms with van der Waals surface area (Å²) in [6, 6.07) is 4.28. The van der Waals surface area contributed by atoms with E-state index in [1.165, 1.54) is 12.1 Å². The van der Waals surface area contributed by atoms with Crippen molar-refractivity contribution in [2.75, 3.05) is 19.8 Å². The van der Waals surface area contributed by atoms with Crippen molar-refractivity contribution in [2.45, 2.75) is 13.0 Å². The lowest BCUT2D eigenvalue weighted by atomic mass is 10.2. The molecule has 17 heavy (non-hydrogen) atoms. The monoisotopic (exact) mass is 247 g/mol. The summed E-state index contributed by atoms with van der Waals surface area (Å²) in [5.41, 5.74) is 0.622. The van der Waals surface area contributed by atoms with E-state index in [0.29, 0.717) is 18.7 Å². The summed E-state index contributed by atoms with van der Waals surface area (Å²) < 4.78 is 28.1. The Kier molecular flexibility index (Phi) is 5.65. The van der Waals surface area contributed by atoms with Crippen LogP contribution in [0.4, 0.5) is 8.78 Å². The Labute approximate surface area is 97.8 Å². The van der Waals surface area contributed by atoms with Crippen molar-refractivity contribution < 1.29 is 23.7 Å². The Morgan fingerprint density at radius 1 is 1.29 bits per heavy atom. The molecule has 6 heteroatoms. The van der Waals surface area contributed by atoms with Gasteiger partial charge in [0.1, 0.15) is 18.1 Å². The van der Waals surface area contributed by atoms with Gasteiger partial charge in [0.2, 0.25) is 0 Å². The minimum atomic E-state index is -2.45. The van der Waals surface area contributed by atoms with Crippen LogP contribution in [-0.4, -0.2) is 36.4 Å². The van der Waals surface area contributed by atoms with Crippen LogP contribution in [0.1, 0.15) is 5.56 Å². The number of hydrogen-bond acceptors (Lipinski definition) is 4. The normalized spacial score (nSPS) is 11.0. The van der Waals surface area contributed by atoms with Gasteiger partial charge >= 0.3 is 0 Å². The Morgan fingerprint density at radius 2 is 2.06 bits per heavy atom. The Balaban J connectivity index is 2.18. The molecule has 0 atom stereocenters. The van der Waals surface area contributed by atoms with Crippen molar-refractivity contribution in [1.82, 2.24) is 5.32 Å². The van der Waals surface area contributed by atoms with E-state index in [1.54, 1.807) is 6.07 Å². The van der Waals surface area contributed by atoms with Crippen molar-refractivity contribution in [1.29, 1.82) is 0 Å². The zero-order chi connectivity index (χ0) is 12.7. The zero-order valence-electron chi connectivity index (χ0n) is 9.20. The van der Waals surface area contributed by atoms with Gasteiger partial charge in [0.15, 0.2) is 0 Å². The van der Waals surface area contributed by atoms with Gasteiger partial charge in [0, 0.05) is 24.7 Å². The van der Waals surface area contributed by atoms with Crippen molar-refractivity contribution in [3.63, 3.8) is 0 Å². The highest BCUT2D eigenvalue weighted by Gasteiger charge is 2.03. The number of nitrogens with one attached hydrogen (secondary N) is 1. The second-order valence-electron chi connectivity index (χ2n) is 3.46. The molecule has 1 aromatic rings. The van der Waals surface area contributed by atoms with Crippen LogP contribution in [0.15, 0.2) is 18.2 Å². The summed E-state index contributed by atoms with van der Waals surface area (Å²) in [6.07, 6.45) is -2.45. The molecule has 1 aromatic carbocycles. The molecule has 0 heterocycles. The van der Waals surface area contributed by atoms with E-state index in [4.69, 9.17) is 5.11 Å². The molecule has 0 amide bonds. The molecule has 0 saturated carbocycles. The maximum Gasteiger partial charge on any atom is 0.261 e. The third-order valence-corrected chi connectivity index (χ3v) is 2.05. The lowest BCUT2D eigenvalue weighted by Gasteiger charge is -2.07. The largest absolute Gasteiger partial charge is 0.508 e. The number of rotatable bonds is 7. The maximum absolute atomic E-state index is 11.7. The summed E-state index contributed by atoms with van der Waals surface area (Å²) >= 11 is 0. The number of benzene rings is 1. The molecule has 0 spiro atoms. The topological polar surface area (TPSA) is 61.7 Å². The molecule has 0 aromatic heterocycles. The van der Waals surface area contributed by atoms with Crippen LogP contribution in [0.2, 0.25) is 0 Å². The lowest BCUT2D eigenvalue weighted by molar-refractivity contribution is 0.0187. The molecule has 0 radical (unpaired) electrons. The van der Waals surface area contributed by atoms with E-state index >= 15 is 0 Å². The van der Waals surface area contributed by atoms with Gasteiger partial charge in [0.05, 0.1) is 6.61 Å². The predicted octanol–water partition coefficient (Wildman–Crippen LogP) is 1.47. The molecule has 0 aliphatic heterocycles.